The van der Waals surface area contributed by atoms with Gasteiger partial charge in [0.25, 0.3) is 0 Å². The molecule has 2 nitrogen and oxygen atoms in total. The summed E-state index contributed by atoms with van der Waals surface area (Å²) in [6, 6.07) is 9.21. The zero-order chi connectivity index (χ0) is 13.8. The standard InChI is InChI=1S/C14H12F2O2S/c1-18-10-3-2-4-11(7-10)19-14-12(15)5-9(8-17)6-13(14)16/h2-7,17H,8H2,1H3. The van der Waals surface area contributed by atoms with Gasteiger partial charge in [-0.1, -0.05) is 17.8 Å². The first kappa shape index (κ1) is 13.8. The topological polar surface area (TPSA) is 29.5 Å². The molecule has 0 fully saturated rings. The lowest BCUT2D eigenvalue weighted by molar-refractivity contribution is 0.280. The van der Waals surface area contributed by atoms with Gasteiger partial charge in [-0.15, -0.1) is 0 Å². The van der Waals surface area contributed by atoms with Gasteiger partial charge in [0.1, 0.15) is 17.4 Å². The van der Waals surface area contributed by atoms with Crippen molar-refractivity contribution in [3.63, 3.8) is 0 Å². The summed E-state index contributed by atoms with van der Waals surface area (Å²) in [6.45, 7) is -0.391. The molecule has 0 amide bonds. The van der Waals surface area contributed by atoms with Crippen LogP contribution in [0.4, 0.5) is 8.78 Å². The normalized spacial score (nSPS) is 10.5. The molecule has 100 valence electrons. The fraction of sp³-hybridized carbons (Fsp3) is 0.143. The second-order valence-corrected chi connectivity index (χ2v) is 4.91. The van der Waals surface area contributed by atoms with Crippen LogP contribution in [-0.4, -0.2) is 12.2 Å². The van der Waals surface area contributed by atoms with Crippen LogP contribution in [0, 0.1) is 11.6 Å². The van der Waals surface area contributed by atoms with Crippen molar-refractivity contribution in [1.29, 1.82) is 0 Å². The largest absolute Gasteiger partial charge is 0.497 e. The molecule has 0 saturated heterocycles. The highest BCUT2D eigenvalue weighted by atomic mass is 32.2. The Labute approximate surface area is 114 Å². The number of hydrogen-bond acceptors (Lipinski definition) is 3. The molecule has 2 rings (SSSR count). The Bertz CT molecular complexity index is 564. The van der Waals surface area contributed by atoms with E-state index in [1.54, 1.807) is 24.3 Å². The van der Waals surface area contributed by atoms with Crippen LogP contribution in [0.25, 0.3) is 0 Å². The molecule has 2 aromatic carbocycles. The minimum Gasteiger partial charge on any atom is -0.497 e. The second-order valence-electron chi connectivity index (χ2n) is 3.83. The molecule has 2 aromatic rings. The average Bonchev–Trinajstić information content (AvgIpc) is 2.42. The van der Waals surface area contributed by atoms with Gasteiger partial charge in [-0.2, -0.15) is 0 Å². The SMILES string of the molecule is COc1cccc(Sc2c(F)cc(CO)cc2F)c1. The van der Waals surface area contributed by atoms with Crippen LogP contribution in [0.15, 0.2) is 46.2 Å². The molecular weight excluding hydrogens is 270 g/mol. The van der Waals surface area contributed by atoms with Gasteiger partial charge in [-0.3, -0.25) is 0 Å². The predicted molar refractivity (Wildman–Crippen MR) is 69.4 cm³/mol. The van der Waals surface area contributed by atoms with Crippen LogP contribution in [-0.2, 0) is 6.61 Å². The summed E-state index contributed by atoms with van der Waals surface area (Å²) >= 11 is 0.978. The Kier molecular flexibility index (Phi) is 4.39. The van der Waals surface area contributed by atoms with Gasteiger partial charge < -0.3 is 9.84 Å². The van der Waals surface area contributed by atoms with Crippen LogP contribution >= 0.6 is 11.8 Å². The van der Waals surface area contributed by atoms with E-state index >= 15 is 0 Å². The van der Waals surface area contributed by atoms with E-state index in [2.05, 4.69) is 0 Å². The zero-order valence-electron chi connectivity index (χ0n) is 10.2. The van der Waals surface area contributed by atoms with Crippen molar-refractivity contribution in [2.24, 2.45) is 0 Å². The lowest BCUT2D eigenvalue weighted by Crippen LogP contribution is -1.93. The molecule has 0 aromatic heterocycles. The van der Waals surface area contributed by atoms with E-state index in [4.69, 9.17) is 9.84 Å². The van der Waals surface area contributed by atoms with Gasteiger partial charge >= 0.3 is 0 Å². The van der Waals surface area contributed by atoms with Gasteiger partial charge in [0.05, 0.1) is 18.6 Å². The number of aliphatic hydroxyl groups is 1. The van der Waals surface area contributed by atoms with E-state index in [0.717, 1.165) is 23.9 Å². The molecule has 0 atom stereocenters. The van der Waals surface area contributed by atoms with E-state index in [1.165, 1.54) is 7.11 Å². The Balaban J connectivity index is 2.32. The molecule has 0 unspecified atom stereocenters. The molecule has 19 heavy (non-hydrogen) atoms. The van der Waals surface area contributed by atoms with Gasteiger partial charge in [0, 0.05) is 4.90 Å². The summed E-state index contributed by atoms with van der Waals surface area (Å²) in [5.41, 5.74) is 0.213. The maximum atomic E-state index is 13.8. The molecule has 0 aliphatic carbocycles. The van der Waals surface area contributed by atoms with Crippen LogP contribution in [0.3, 0.4) is 0 Å². The molecule has 0 aliphatic rings. The number of aliphatic hydroxyl groups excluding tert-OH is 1. The van der Waals surface area contributed by atoms with E-state index in [1.807, 2.05) is 0 Å². The number of rotatable bonds is 4. The molecule has 0 heterocycles. The van der Waals surface area contributed by atoms with Gasteiger partial charge in [-0.05, 0) is 35.9 Å². The molecule has 1 N–H and O–H groups in total. The maximum absolute atomic E-state index is 13.8. The maximum Gasteiger partial charge on any atom is 0.140 e. The van der Waals surface area contributed by atoms with Gasteiger partial charge in [-0.25, -0.2) is 8.78 Å². The van der Waals surface area contributed by atoms with E-state index < -0.39 is 18.2 Å². The third-order valence-corrected chi connectivity index (χ3v) is 3.59. The van der Waals surface area contributed by atoms with E-state index in [9.17, 15) is 8.78 Å². The van der Waals surface area contributed by atoms with Crippen LogP contribution in [0.5, 0.6) is 5.75 Å². The van der Waals surface area contributed by atoms with Crippen molar-refractivity contribution >= 4 is 11.8 Å². The summed E-state index contributed by atoms with van der Waals surface area (Å²) in [5.74, 6) is -0.744. The monoisotopic (exact) mass is 282 g/mol. The summed E-state index contributed by atoms with van der Waals surface area (Å²) in [5, 5.41) is 8.88. The lowest BCUT2D eigenvalue weighted by Gasteiger charge is -2.08. The van der Waals surface area contributed by atoms with Gasteiger partial charge in [0.2, 0.25) is 0 Å². The van der Waals surface area contributed by atoms with E-state index in [-0.39, 0.29) is 10.5 Å². The van der Waals surface area contributed by atoms with Crippen LogP contribution in [0.1, 0.15) is 5.56 Å². The summed E-state index contributed by atoms with van der Waals surface area (Å²) in [7, 11) is 1.53. The van der Waals surface area contributed by atoms with Crippen LogP contribution in [0.2, 0.25) is 0 Å². The third kappa shape index (κ3) is 3.24. The molecule has 0 spiro atoms. The van der Waals surface area contributed by atoms with Crippen molar-refractivity contribution < 1.29 is 18.6 Å². The Hall–Kier alpha value is -1.59. The van der Waals surface area contributed by atoms with Crippen molar-refractivity contribution in [3.8, 4) is 5.75 Å². The summed E-state index contributed by atoms with van der Waals surface area (Å²) in [4.78, 5) is 0.583. The third-order valence-electron chi connectivity index (χ3n) is 2.50. The quantitative estimate of drug-likeness (QED) is 0.928. The number of hydrogen-bond donors (Lipinski definition) is 1. The molecule has 0 aliphatic heterocycles. The first-order valence-electron chi connectivity index (χ1n) is 5.54. The lowest BCUT2D eigenvalue weighted by atomic mass is 10.2. The molecule has 0 bridgehead atoms. The minimum absolute atomic E-state index is 0.0922. The highest BCUT2D eigenvalue weighted by molar-refractivity contribution is 7.99. The van der Waals surface area contributed by atoms with Crippen molar-refractivity contribution in [1.82, 2.24) is 0 Å². The fourth-order valence-electron chi connectivity index (χ4n) is 1.58. The first-order chi connectivity index (χ1) is 9.13. The Morgan fingerprint density at radius 2 is 1.84 bits per heavy atom. The number of halogens is 2. The molecule has 5 heteroatoms. The Morgan fingerprint density at radius 3 is 2.42 bits per heavy atom. The zero-order valence-corrected chi connectivity index (χ0v) is 11.0. The smallest absolute Gasteiger partial charge is 0.140 e. The molecule has 0 saturated carbocycles. The van der Waals surface area contributed by atoms with E-state index in [0.29, 0.717) is 10.6 Å². The summed E-state index contributed by atoms with van der Waals surface area (Å²) < 4.78 is 32.6. The molecular formula is C14H12F2O2S. The fourth-order valence-corrected chi connectivity index (χ4v) is 2.45. The number of methoxy groups -OCH3 is 1. The molecule has 0 radical (unpaired) electrons. The van der Waals surface area contributed by atoms with Crippen molar-refractivity contribution in [3.05, 3.63) is 53.6 Å². The minimum atomic E-state index is -0.683. The number of ether oxygens (including phenoxy) is 1. The Morgan fingerprint density at radius 1 is 1.16 bits per heavy atom. The van der Waals surface area contributed by atoms with Crippen LogP contribution < -0.4 is 4.74 Å². The highest BCUT2D eigenvalue weighted by Gasteiger charge is 2.13. The van der Waals surface area contributed by atoms with Crippen molar-refractivity contribution in [2.75, 3.05) is 7.11 Å². The summed E-state index contributed by atoms with van der Waals surface area (Å²) in [6.07, 6.45) is 0. The first-order valence-corrected chi connectivity index (χ1v) is 6.36. The number of benzene rings is 2. The average molecular weight is 282 g/mol. The van der Waals surface area contributed by atoms with Crippen molar-refractivity contribution in [2.45, 2.75) is 16.4 Å². The highest BCUT2D eigenvalue weighted by Crippen LogP contribution is 2.34. The second kappa shape index (κ2) is 6.04. The predicted octanol–water partition coefficient (Wildman–Crippen LogP) is 3.62. The van der Waals surface area contributed by atoms with Gasteiger partial charge in [0.15, 0.2) is 0 Å².